The summed E-state index contributed by atoms with van der Waals surface area (Å²) in [7, 11) is 0. The van der Waals surface area contributed by atoms with Crippen LogP contribution in [-0.4, -0.2) is 41.5 Å². The first-order valence-electron chi connectivity index (χ1n) is 5.91. The minimum Gasteiger partial charge on any atom is -0.475 e. The van der Waals surface area contributed by atoms with Gasteiger partial charge in [0.2, 0.25) is 11.7 Å². The quantitative estimate of drug-likeness (QED) is 0.833. The predicted octanol–water partition coefficient (Wildman–Crippen LogP) is 0.861. The Kier molecular flexibility index (Phi) is 3.66. The van der Waals surface area contributed by atoms with E-state index in [0.717, 1.165) is 6.54 Å². The third-order valence-electron chi connectivity index (χ3n) is 3.14. The van der Waals surface area contributed by atoms with Crippen molar-refractivity contribution in [3.63, 3.8) is 0 Å². The van der Waals surface area contributed by atoms with Gasteiger partial charge in [-0.1, -0.05) is 0 Å². The molecule has 0 bridgehead atoms. The smallest absolute Gasteiger partial charge is 0.371 e. The third-order valence-corrected chi connectivity index (χ3v) is 3.14. The molecule has 6 heteroatoms. The van der Waals surface area contributed by atoms with E-state index >= 15 is 0 Å². The Bertz CT molecular complexity index is 455. The Balaban J connectivity index is 2.07. The van der Waals surface area contributed by atoms with E-state index in [1.807, 2.05) is 6.92 Å². The number of carbonyl (C=O) groups is 2. The lowest BCUT2D eigenvalue weighted by Gasteiger charge is -2.25. The van der Waals surface area contributed by atoms with E-state index in [-0.39, 0.29) is 17.7 Å². The molecule has 18 heavy (non-hydrogen) atoms. The Morgan fingerprint density at radius 3 is 2.94 bits per heavy atom. The van der Waals surface area contributed by atoms with Gasteiger partial charge in [0.15, 0.2) is 0 Å². The standard InChI is InChI=1S/C12H16N2O4/c1-8(9-2-3-10(18-9)12(16)17)14-6-4-11(15)13-5-7-14/h2-3,8H,4-7H2,1H3,(H,13,15)(H,16,17). The number of carbonyl (C=O) groups excluding carboxylic acids is 1. The van der Waals surface area contributed by atoms with Crippen LogP contribution in [0.2, 0.25) is 0 Å². The summed E-state index contributed by atoms with van der Waals surface area (Å²) in [6.45, 7) is 3.93. The number of carboxylic acids is 1. The van der Waals surface area contributed by atoms with Crippen molar-refractivity contribution in [3.05, 3.63) is 23.7 Å². The lowest BCUT2D eigenvalue weighted by molar-refractivity contribution is -0.120. The molecule has 0 spiro atoms. The van der Waals surface area contributed by atoms with Gasteiger partial charge in [0, 0.05) is 26.1 Å². The van der Waals surface area contributed by atoms with Crippen molar-refractivity contribution in [2.45, 2.75) is 19.4 Å². The Morgan fingerprint density at radius 1 is 1.50 bits per heavy atom. The number of hydrogen-bond acceptors (Lipinski definition) is 4. The highest BCUT2D eigenvalue weighted by molar-refractivity contribution is 5.84. The average Bonchev–Trinajstić information content (AvgIpc) is 2.73. The molecule has 0 saturated carbocycles. The van der Waals surface area contributed by atoms with Gasteiger partial charge in [-0.05, 0) is 19.1 Å². The number of carboxylic acid groups (broad SMARTS) is 1. The minimum absolute atomic E-state index is 0.0363. The van der Waals surface area contributed by atoms with Gasteiger partial charge in [-0.15, -0.1) is 0 Å². The van der Waals surface area contributed by atoms with Gasteiger partial charge in [0.25, 0.3) is 0 Å². The number of amides is 1. The van der Waals surface area contributed by atoms with Crippen LogP contribution in [0.5, 0.6) is 0 Å². The van der Waals surface area contributed by atoms with Crippen LogP contribution in [0.4, 0.5) is 0 Å². The second kappa shape index (κ2) is 5.22. The molecule has 2 heterocycles. The highest BCUT2D eigenvalue weighted by Crippen LogP contribution is 2.23. The lowest BCUT2D eigenvalue weighted by Crippen LogP contribution is -2.30. The molecule has 1 fully saturated rings. The van der Waals surface area contributed by atoms with Crippen LogP contribution < -0.4 is 5.32 Å². The zero-order valence-electron chi connectivity index (χ0n) is 10.2. The van der Waals surface area contributed by atoms with Crippen LogP contribution >= 0.6 is 0 Å². The first-order valence-corrected chi connectivity index (χ1v) is 5.91. The highest BCUT2D eigenvalue weighted by atomic mass is 16.4. The third kappa shape index (κ3) is 2.70. The van der Waals surface area contributed by atoms with Gasteiger partial charge in [0.1, 0.15) is 5.76 Å². The topological polar surface area (TPSA) is 82.8 Å². The van der Waals surface area contributed by atoms with Gasteiger partial charge in [-0.2, -0.15) is 0 Å². The Labute approximate surface area is 105 Å². The molecule has 0 aliphatic carbocycles. The Morgan fingerprint density at radius 2 is 2.28 bits per heavy atom. The first kappa shape index (κ1) is 12.6. The number of rotatable bonds is 3. The zero-order valence-corrected chi connectivity index (χ0v) is 10.2. The van der Waals surface area contributed by atoms with Crippen LogP contribution in [0.3, 0.4) is 0 Å². The summed E-state index contributed by atoms with van der Waals surface area (Å²) in [5.74, 6) is -0.459. The largest absolute Gasteiger partial charge is 0.475 e. The minimum atomic E-state index is -1.07. The van der Waals surface area contributed by atoms with Gasteiger partial charge < -0.3 is 14.8 Å². The van der Waals surface area contributed by atoms with E-state index in [9.17, 15) is 9.59 Å². The summed E-state index contributed by atoms with van der Waals surface area (Å²) in [5.41, 5.74) is 0. The van der Waals surface area contributed by atoms with Crippen molar-refractivity contribution >= 4 is 11.9 Å². The summed E-state index contributed by atoms with van der Waals surface area (Å²) >= 11 is 0. The highest BCUT2D eigenvalue weighted by Gasteiger charge is 2.22. The number of nitrogens with one attached hydrogen (secondary N) is 1. The van der Waals surface area contributed by atoms with E-state index < -0.39 is 5.97 Å². The molecular formula is C12H16N2O4. The molecule has 1 atom stereocenters. The fraction of sp³-hybridized carbons (Fsp3) is 0.500. The molecule has 1 aromatic heterocycles. The van der Waals surface area contributed by atoms with Crippen LogP contribution in [0.25, 0.3) is 0 Å². The van der Waals surface area contributed by atoms with Gasteiger partial charge >= 0.3 is 5.97 Å². The summed E-state index contributed by atoms with van der Waals surface area (Å²) in [4.78, 5) is 24.1. The van der Waals surface area contributed by atoms with Gasteiger partial charge in [-0.25, -0.2) is 4.79 Å². The number of furan rings is 1. The van der Waals surface area contributed by atoms with Crippen LogP contribution in [0.1, 0.15) is 35.7 Å². The summed E-state index contributed by atoms with van der Waals surface area (Å²) in [6.07, 6.45) is 0.455. The molecule has 0 radical (unpaired) electrons. The van der Waals surface area contributed by atoms with E-state index in [4.69, 9.17) is 9.52 Å². The van der Waals surface area contributed by atoms with Crippen LogP contribution in [0, 0.1) is 0 Å². The molecule has 1 unspecified atom stereocenters. The summed E-state index contributed by atoms with van der Waals surface area (Å²) in [5, 5.41) is 11.6. The monoisotopic (exact) mass is 252 g/mol. The van der Waals surface area contributed by atoms with Crippen molar-refractivity contribution in [2.75, 3.05) is 19.6 Å². The predicted molar refractivity (Wildman–Crippen MR) is 63.3 cm³/mol. The lowest BCUT2D eigenvalue weighted by atomic mass is 10.2. The molecule has 6 nitrogen and oxygen atoms in total. The molecule has 1 aliphatic heterocycles. The molecule has 1 saturated heterocycles. The molecule has 2 rings (SSSR count). The first-order chi connectivity index (χ1) is 8.58. The summed E-state index contributed by atoms with van der Waals surface area (Å²) in [6, 6.07) is 3.09. The SMILES string of the molecule is CC(c1ccc(C(=O)O)o1)N1CCNC(=O)CC1. The van der Waals surface area contributed by atoms with Gasteiger partial charge in [0.05, 0.1) is 6.04 Å². The number of nitrogens with zero attached hydrogens (tertiary/aromatic N) is 1. The van der Waals surface area contributed by atoms with Crippen molar-refractivity contribution < 1.29 is 19.1 Å². The molecular weight excluding hydrogens is 236 g/mol. The number of hydrogen-bond donors (Lipinski definition) is 2. The van der Waals surface area contributed by atoms with E-state index in [2.05, 4.69) is 10.2 Å². The molecule has 1 aliphatic rings. The van der Waals surface area contributed by atoms with Crippen LogP contribution in [-0.2, 0) is 4.79 Å². The maximum atomic E-state index is 11.2. The molecule has 1 amide bonds. The van der Waals surface area contributed by atoms with Gasteiger partial charge in [-0.3, -0.25) is 9.69 Å². The fourth-order valence-corrected chi connectivity index (χ4v) is 2.04. The molecule has 1 aromatic rings. The van der Waals surface area contributed by atoms with E-state index in [1.165, 1.54) is 6.07 Å². The van der Waals surface area contributed by atoms with Crippen molar-refractivity contribution in [1.29, 1.82) is 0 Å². The molecule has 98 valence electrons. The number of aromatic carboxylic acids is 1. The second-order valence-corrected chi connectivity index (χ2v) is 4.32. The zero-order chi connectivity index (χ0) is 13.1. The summed E-state index contributed by atoms with van der Waals surface area (Å²) < 4.78 is 5.28. The Hall–Kier alpha value is -1.82. The second-order valence-electron chi connectivity index (χ2n) is 4.32. The van der Waals surface area contributed by atoms with Crippen molar-refractivity contribution in [3.8, 4) is 0 Å². The average molecular weight is 252 g/mol. The maximum Gasteiger partial charge on any atom is 0.371 e. The van der Waals surface area contributed by atoms with Crippen molar-refractivity contribution in [2.24, 2.45) is 0 Å². The van der Waals surface area contributed by atoms with Crippen molar-refractivity contribution in [1.82, 2.24) is 10.2 Å². The van der Waals surface area contributed by atoms with Crippen LogP contribution in [0.15, 0.2) is 16.5 Å². The molecule has 0 aromatic carbocycles. The maximum absolute atomic E-state index is 11.2. The normalized spacial score (nSPS) is 19.1. The molecule has 2 N–H and O–H groups in total. The van der Waals surface area contributed by atoms with E-state index in [0.29, 0.717) is 25.3 Å². The fourth-order valence-electron chi connectivity index (χ4n) is 2.04. The van der Waals surface area contributed by atoms with E-state index in [1.54, 1.807) is 6.07 Å².